The first kappa shape index (κ1) is 26.0. The van der Waals surface area contributed by atoms with Crippen LogP contribution in [0.2, 0.25) is 0 Å². The average Bonchev–Trinajstić information content (AvgIpc) is 2.90. The van der Waals surface area contributed by atoms with Crippen LogP contribution in [0.15, 0.2) is 78.9 Å². The average molecular weight is 505 g/mol. The third-order valence-corrected chi connectivity index (χ3v) is 5.99. The number of carbonyl (C=O) groups excluding carboxylic acids is 1. The Bertz CT molecular complexity index is 1380. The topological polar surface area (TPSA) is 35.5 Å². The summed E-state index contributed by atoms with van der Waals surface area (Å²) in [7, 11) is 0. The molecule has 0 spiro atoms. The molecule has 0 unspecified atom stereocenters. The summed E-state index contributed by atoms with van der Waals surface area (Å²) in [5, 5.41) is 0. The summed E-state index contributed by atoms with van der Waals surface area (Å²) < 4.78 is 54.8. The highest BCUT2D eigenvalue weighted by atomic mass is 19.2. The fraction of sp³-hybridized carbons (Fsp3) is 0.194. The van der Waals surface area contributed by atoms with E-state index >= 15 is 0 Å². The van der Waals surface area contributed by atoms with E-state index in [2.05, 4.69) is 6.92 Å². The predicted molar refractivity (Wildman–Crippen MR) is 138 cm³/mol. The van der Waals surface area contributed by atoms with Gasteiger partial charge in [0.25, 0.3) is 0 Å². The quantitative estimate of drug-likeness (QED) is 0.130. The number of ether oxygens (including phenoxy) is 2. The van der Waals surface area contributed by atoms with Crippen molar-refractivity contribution in [2.24, 2.45) is 0 Å². The molecule has 0 heterocycles. The number of unbranched alkanes of at least 4 members (excludes halogenated alkanes) is 2. The fourth-order valence-corrected chi connectivity index (χ4v) is 3.88. The van der Waals surface area contributed by atoms with Gasteiger partial charge in [0.05, 0.1) is 12.2 Å². The third-order valence-electron chi connectivity index (χ3n) is 5.99. The first-order valence-electron chi connectivity index (χ1n) is 12.2. The van der Waals surface area contributed by atoms with Crippen LogP contribution < -0.4 is 9.47 Å². The zero-order valence-corrected chi connectivity index (χ0v) is 20.7. The van der Waals surface area contributed by atoms with E-state index in [1.165, 1.54) is 48.5 Å². The van der Waals surface area contributed by atoms with Crippen LogP contribution in [0.3, 0.4) is 0 Å². The number of esters is 1. The van der Waals surface area contributed by atoms with Crippen molar-refractivity contribution in [2.45, 2.75) is 33.1 Å². The zero-order chi connectivity index (χ0) is 26.4. The number of halogens is 3. The molecular formula is C31H27F3O3. The van der Waals surface area contributed by atoms with Gasteiger partial charge in [0.1, 0.15) is 5.75 Å². The van der Waals surface area contributed by atoms with Crippen LogP contribution in [-0.2, 0) is 0 Å². The van der Waals surface area contributed by atoms with Gasteiger partial charge in [-0.15, -0.1) is 0 Å². The maximum absolute atomic E-state index is 14.9. The van der Waals surface area contributed by atoms with Gasteiger partial charge in [0.15, 0.2) is 23.2 Å². The van der Waals surface area contributed by atoms with Crippen molar-refractivity contribution < 1.29 is 27.4 Å². The lowest BCUT2D eigenvalue weighted by atomic mass is 9.98. The maximum Gasteiger partial charge on any atom is 0.343 e. The maximum atomic E-state index is 14.9. The van der Waals surface area contributed by atoms with Crippen LogP contribution >= 0.6 is 0 Å². The summed E-state index contributed by atoms with van der Waals surface area (Å²) in [6.07, 6.45) is 2.85. The molecule has 0 aromatic heterocycles. The minimum Gasteiger partial charge on any atom is -0.491 e. The summed E-state index contributed by atoms with van der Waals surface area (Å²) >= 11 is 0. The lowest BCUT2D eigenvalue weighted by Crippen LogP contribution is -2.09. The van der Waals surface area contributed by atoms with Gasteiger partial charge in [-0.1, -0.05) is 73.9 Å². The van der Waals surface area contributed by atoms with Crippen molar-refractivity contribution in [3.63, 3.8) is 0 Å². The fourth-order valence-electron chi connectivity index (χ4n) is 3.88. The summed E-state index contributed by atoms with van der Waals surface area (Å²) in [5.41, 5.74) is 2.32. The first-order chi connectivity index (χ1) is 17.9. The molecular weight excluding hydrogens is 477 g/mol. The lowest BCUT2D eigenvalue weighted by molar-refractivity contribution is 0.0734. The van der Waals surface area contributed by atoms with Crippen LogP contribution in [0, 0.1) is 24.4 Å². The van der Waals surface area contributed by atoms with Crippen LogP contribution in [0.4, 0.5) is 13.2 Å². The Kier molecular flexibility index (Phi) is 8.29. The number of rotatable bonds is 9. The molecule has 0 aliphatic carbocycles. The molecule has 0 saturated carbocycles. The van der Waals surface area contributed by atoms with E-state index in [1.807, 2.05) is 19.1 Å². The summed E-state index contributed by atoms with van der Waals surface area (Å²) in [5.74, 6) is -3.02. The van der Waals surface area contributed by atoms with E-state index in [1.54, 1.807) is 12.1 Å². The van der Waals surface area contributed by atoms with E-state index < -0.39 is 23.4 Å². The molecule has 6 heteroatoms. The van der Waals surface area contributed by atoms with Gasteiger partial charge in [0, 0.05) is 11.1 Å². The molecule has 4 rings (SSSR count). The Morgan fingerprint density at radius 1 is 0.757 bits per heavy atom. The molecule has 0 N–H and O–H groups in total. The number of carbonyl (C=O) groups is 1. The Hall–Kier alpha value is -4.06. The van der Waals surface area contributed by atoms with E-state index in [-0.39, 0.29) is 28.2 Å². The number of hydrogen-bond acceptors (Lipinski definition) is 3. The minimum atomic E-state index is -0.963. The third kappa shape index (κ3) is 6.20. The molecule has 0 aliphatic heterocycles. The molecule has 0 bridgehead atoms. The highest BCUT2D eigenvalue weighted by Crippen LogP contribution is 2.32. The Morgan fingerprint density at radius 3 is 1.92 bits per heavy atom. The largest absolute Gasteiger partial charge is 0.491 e. The molecule has 190 valence electrons. The molecule has 0 aliphatic rings. The van der Waals surface area contributed by atoms with Crippen LogP contribution in [0.25, 0.3) is 22.3 Å². The van der Waals surface area contributed by atoms with Crippen LogP contribution in [-0.4, -0.2) is 12.6 Å². The van der Waals surface area contributed by atoms with Gasteiger partial charge >= 0.3 is 5.97 Å². The minimum absolute atomic E-state index is 0.0299. The second kappa shape index (κ2) is 11.8. The molecule has 0 amide bonds. The van der Waals surface area contributed by atoms with Crippen molar-refractivity contribution >= 4 is 5.97 Å². The number of aryl methyl sites for hydroxylation is 1. The van der Waals surface area contributed by atoms with Crippen molar-refractivity contribution in [3.8, 4) is 33.8 Å². The normalized spacial score (nSPS) is 10.8. The number of hydrogen-bond donors (Lipinski definition) is 0. The first-order valence-corrected chi connectivity index (χ1v) is 12.2. The van der Waals surface area contributed by atoms with Crippen molar-refractivity contribution in [2.75, 3.05) is 6.61 Å². The van der Waals surface area contributed by atoms with Crippen molar-refractivity contribution in [1.82, 2.24) is 0 Å². The van der Waals surface area contributed by atoms with Gasteiger partial charge in [0.2, 0.25) is 0 Å². The van der Waals surface area contributed by atoms with Gasteiger partial charge in [-0.3, -0.25) is 0 Å². The number of benzene rings is 4. The Balaban J connectivity index is 1.45. The molecule has 3 nitrogen and oxygen atoms in total. The second-order valence-corrected chi connectivity index (χ2v) is 8.77. The molecule has 0 atom stereocenters. The summed E-state index contributed by atoms with van der Waals surface area (Å²) in [6.45, 7) is 4.39. The summed E-state index contributed by atoms with van der Waals surface area (Å²) in [4.78, 5) is 12.5. The molecule has 0 saturated heterocycles. The SMILES string of the molecule is CCCCCOc1ccc(C(=O)Oc2ccc(-c3ccc(-c4ccc(C)cc4)c(F)c3F)cc2)cc1F. The van der Waals surface area contributed by atoms with Crippen LogP contribution in [0.5, 0.6) is 11.5 Å². The van der Waals surface area contributed by atoms with Gasteiger partial charge < -0.3 is 9.47 Å². The van der Waals surface area contributed by atoms with Gasteiger partial charge in [-0.25, -0.2) is 18.0 Å². The van der Waals surface area contributed by atoms with E-state index in [0.717, 1.165) is 30.9 Å². The Labute approximate surface area is 214 Å². The van der Waals surface area contributed by atoms with Crippen molar-refractivity contribution in [1.29, 1.82) is 0 Å². The smallest absolute Gasteiger partial charge is 0.343 e. The lowest BCUT2D eigenvalue weighted by Gasteiger charge is -2.11. The molecule has 37 heavy (non-hydrogen) atoms. The van der Waals surface area contributed by atoms with Gasteiger partial charge in [-0.05, 0) is 54.8 Å². The standard InChI is InChI=1S/C31H27F3O3/c1-3-4-5-18-36-28-17-12-23(19-27(28)32)31(35)37-24-13-10-22(11-14-24)26-16-15-25(29(33)30(26)34)21-8-6-20(2)7-9-21/h6-17,19H,3-5,18H2,1-2H3. The molecule has 4 aromatic carbocycles. The van der Waals surface area contributed by atoms with Crippen molar-refractivity contribution in [3.05, 3.63) is 107 Å². The predicted octanol–water partition coefficient (Wildman–Crippen LogP) is 8.53. The van der Waals surface area contributed by atoms with E-state index in [0.29, 0.717) is 17.7 Å². The zero-order valence-electron chi connectivity index (χ0n) is 20.7. The monoisotopic (exact) mass is 504 g/mol. The highest BCUT2D eigenvalue weighted by molar-refractivity contribution is 5.91. The Morgan fingerprint density at radius 2 is 1.35 bits per heavy atom. The molecule has 0 fully saturated rings. The molecule has 4 aromatic rings. The summed E-state index contributed by atoms with van der Waals surface area (Å²) in [6, 6.07) is 20.1. The van der Waals surface area contributed by atoms with E-state index in [4.69, 9.17) is 9.47 Å². The second-order valence-electron chi connectivity index (χ2n) is 8.77. The van der Waals surface area contributed by atoms with Crippen LogP contribution in [0.1, 0.15) is 42.1 Å². The highest BCUT2D eigenvalue weighted by Gasteiger charge is 2.17. The van der Waals surface area contributed by atoms with Gasteiger partial charge in [-0.2, -0.15) is 0 Å². The van der Waals surface area contributed by atoms with E-state index in [9.17, 15) is 18.0 Å². The molecule has 0 radical (unpaired) electrons.